The number of hydrogen-bond acceptors (Lipinski definition) is 5. The van der Waals surface area contributed by atoms with Crippen LogP contribution in [0.4, 0.5) is 0 Å². The largest absolute Gasteiger partial charge is 0.315 e. The third-order valence-electron chi connectivity index (χ3n) is 3.28. The zero-order valence-electron chi connectivity index (χ0n) is 12.3. The summed E-state index contributed by atoms with van der Waals surface area (Å²) in [5.74, 6) is 1.08. The number of hydrogen-bond donors (Lipinski definition) is 1. The van der Waals surface area contributed by atoms with Gasteiger partial charge in [-0.15, -0.1) is 11.3 Å². The van der Waals surface area contributed by atoms with Crippen LogP contribution in [-0.4, -0.2) is 48.4 Å². The monoisotopic (exact) mass is 309 g/mol. The van der Waals surface area contributed by atoms with E-state index in [1.54, 1.807) is 11.3 Å². The Kier molecular flexibility index (Phi) is 6.79. The zero-order chi connectivity index (χ0) is 14.2. The van der Waals surface area contributed by atoms with Gasteiger partial charge >= 0.3 is 0 Å². The SMILES string of the molecule is CCN(CC)CCNCCSc1nc2ccccc2s1. The minimum Gasteiger partial charge on any atom is -0.315 e. The Morgan fingerprint density at radius 1 is 1.20 bits per heavy atom. The first kappa shape index (κ1) is 15.8. The van der Waals surface area contributed by atoms with Crippen molar-refractivity contribution >= 4 is 33.3 Å². The molecule has 2 aromatic rings. The predicted molar refractivity (Wildman–Crippen MR) is 91.0 cm³/mol. The molecule has 20 heavy (non-hydrogen) atoms. The number of benzene rings is 1. The van der Waals surface area contributed by atoms with Gasteiger partial charge in [0.2, 0.25) is 0 Å². The van der Waals surface area contributed by atoms with Crippen molar-refractivity contribution in [2.45, 2.75) is 18.2 Å². The predicted octanol–water partition coefficient (Wildman–Crippen LogP) is 3.32. The van der Waals surface area contributed by atoms with Gasteiger partial charge in [0.1, 0.15) is 0 Å². The lowest BCUT2D eigenvalue weighted by atomic mass is 10.3. The molecule has 0 saturated heterocycles. The van der Waals surface area contributed by atoms with Gasteiger partial charge < -0.3 is 10.2 Å². The topological polar surface area (TPSA) is 28.2 Å². The van der Waals surface area contributed by atoms with E-state index >= 15 is 0 Å². The lowest BCUT2D eigenvalue weighted by molar-refractivity contribution is 0.303. The van der Waals surface area contributed by atoms with Crippen LogP contribution in [0, 0.1) is 0 Å². The van der Waals surface area contributed by atoms with E-state index in [1.807, 2.05) is 17.8 Å². The van der Waals surface area contributed by atoms with Crippen molar-refractivity contribution in [2.24, 2.45) is 0 Å². The summed E-state index contributed by atoms with van der Waals surface area (Å²) in [6.07, 6.45) is 0. The first-order chi connectivity index (χ1) is 9.83. The Balaban J connectivity index is 1.63. The summed E-state index contributed by atoms with van der Waals surface area (Å²) in [6.45, 7) is 9.96. The van der Waals surface area contributed by atoms with Gasteiger partial charge in [-0.05, 0) is 25.2 Å². The zero-order valence-corrected chi connectivity index (χ0v) is 13.9. The van der Waals surface area contributed by atoms with Crippen LogP contribution in [-0.2, 0) is 0 Å². The molecule has 0 aliphatic carbocycles. The van der Waals surface area contributed by atoms with E-state index in [2.05, 4.69) is 47.2 Å². The third-order valence-corrected chi connectivity index (χ3v) is 5.46. The van der Waals surface area contributed by atoms with Crippen molar-refractivity contribution in [3.8, 4) is 0 Å². The van der Waals surface area contributed by atoms with Gasteiger partial charge in [0.05, 0.1) is 10.2 Å². The smallest absolute Gasteiger partial charge is 0.151 e. The molecular formula is C15H23N3S2. The summed E-state index contributed by atoms with van der Waals surface area (Å²) in [5.41, 5.74) is 1.12. The third kappa shape index (κ3) is 4.74. The molecule has 0 spiro atoms. The number of aromatic nitrogens is 1. The molecule has 0 aliphatic rings. The maximum Gasteiger partial charge on any atom is 0.151 e. The maximum absolute atomic E-state index is 4.63. The van der Waals surface area contributed by atoms with Crippen LogP contribution in [0.15, 0.2) is 28.6 Å². The molecule has 1 aromatic carbocycles. The second-order valence-corrected chi connectivity index (χ2v) is 6.95. The molecule has 0 bridgehead atoms. The number of para-hydroxylation sites is 1. The van der Waals surface area contributed by atoms with Crippen LogP contribution in [0.1, 0.15) is 13.8 Å². The van der Waals surface area contributed by atoms with E-state index < -0.39 is 0 Å². The summed E-state index contributed by atoms with van der Waals surface area (Å²) < 4.78 is 2.46. The van der Waals surface area contributed by atoms with Gasteiger partial charge in [-0.1, -0.05) is 37.7 Å². The molecule has 0 amide bonds. The van der Waals surface area contributed by atoms with Gasteiger partial charge in [0.25, 0.3) is 0 Å². The second-order valence-electron chi connectivity index (χ2n) is 4.57. The van der Waals surface area contributed by atoms with Crippen LogP contribution in [0.25, 0.3) is 10.2 Å². The van der Waals surface area contributed by atoms with Gasteiger partial charge in [-0.2, -0.15) is 0 Å². The van der Waals surface area contributed by atoms with E-state index in [4.69, 9.17) is 0 Å². The molecule has 3 nitrogen and oxygen atoms in total. The quantitative estimate of drug-likeness (QED) is 0.568. The van der Waals surface area contributed by atoms with Crippen LogP contribution in [0.2, 0.25) is 0 Å². The number of likely N-dealkylation sites (N-methyl/N-ethyl adjacent to an activating group) is 1. The minimum atomic E-state index is 1.04. The Labute approximate surface area is 129 Å². The fourth-order valence-electron chi connectivity index (χ4n) is 2.03. The number of nitrogens with one attached hydrogen (secondary N) is 1. The van der Waals surface area contributed by atoms with Crippen LogP contribution in [0.5, 0.6) is 0 Å². The molecule has 1 N–H and O–H groups in total. The highest BCUT2D eigenvalue weighted by Gasteiger charge is 2.03. The first-order valence-corrected chi connectivity index (χ1v) is 9.05. The average Bonchev–Trinajstić information content (AvgIpc) is 2.89. The fourth-order valence-corrected chi connectivity index (χ4v) is 4.06. The highest BCUT2D eigenvalue weighted by molar-refractivity contribution is 8.01. The molecule has 0 fully saturated rings. The Morgan fingerprint density at radius 3 is 2.75 bits per heavy atom. The van der Waals surface area contributed by atoms with E-state index in [9.17, 15) is 0 Å². The maximum atomic E-state index is 4.63. The molecule has 0 atom stereocenters. The molecule has 5 heteroatoms. The molecule has 2 rings (SSSR count). The van der Waals surface area contributed by atoms with Crippen molar-refractivity contribution in [1.29, 1.82) is 0 Å². The molecule has 0 aliphatic heterocycles. The van der Waals surface area contributed by atoms with Gasteiger partial charge in [0.15, 0.2) is 4.34 Å². The normalized spacial score (nSPS) is 11.6. The number of rotatable bonds is 9. The Bertz CT molecular complexity index is 476. The van der Waals surface area contributed by atoms with E-state index in [0.29, 0.717) is 0 Å². The summed E-state index contributed by atoms with van der Waals surface area (Å²) >= 11 is 3.64. The summed E-state index contributed by atoms with van der Waals surface area (Å²) in [6, 6.07) is 8.34. The van der Waals surface area contributed by atoms with Crippen molar-refractivity contribution in [3.05, 3.63) is 24.3 Å². The van der Waals surface area contributed by atoms with Crippen molar-refractivity contribution in [2.75, 3.05) is 38.5 Å². The van der Waals surface area contributed by atoms with Crippen LogP contribution >= 0.6 is 23.1 Å². The number of nitrogens with zero attached hydrogens (tertiary/aromatic N) is 2. The number of thioether (sulfide) groups is 1. The Hall–Kier alpha value is -0.620. The van der Waals surface area contributed by atoms with Crippen molar-refractivity contribution < 1.29 is 0 Å². The fraction of sp³-hybridized carbons (Fsp3) is 0.533. The molecule has 0 saturated carbocycles. The summed E-state index contributed by atoms with van der Waals surface area (Å²) in [4.78, 5) is 7.07. The van der Waals surface area contributed by atoms with Crippen molar-refractivity contribution in [3.63, 3.8) is 0 Å². The average molecular weight is 310 g/mol. The molecule has 110 valence electrons. The van der Waals surface area contributed by atoms with Gasteiger partial charge in [0, 0.05) is 25.4 Å². The van der Waals surface area contributed by atoms with Crippen LogP contribution in [0.3, 0.4) is 0 Å². The standard InChI is InChI=1S/C15H23N3S2/c1-3-18(4-2)11-9-16-10-12-19-15-17-13-7-5-6-8-14(13)20-15/h5-8,16H,3-4,9-12H2,1-2H3. The summed E-state index contributed by atoms with van der Waals surface area (Å²) in [5, 5.41) is 3.50. The minimum absolute atomic E-state index is 1.04. The number of fused-ring (bicyclic) bond motifs is 1. The van der Waals surface area contributed by atoms with E-state index in [0.717, 1.165) is 44.0 Å². The van der Waals surface area contributed by atoms with Gasteiger partial charge in [-0.3, -0.25) is 0 Å². The molecule has 0 unspecified atom stereocenters. The number of thiazole rings is 1. The second kappa shape index (κ2) is 8.62. The van der Waals surface area contributed by atoms with E-state index in [1.165, 1.54) is 9.04 Å². The lowest BCUT2D eigenvalue weighted by Gasteiger charge is -2.17. The Morgan fingerprint density at radius 2 is 2.00 bits per heavy atom. The molecule has 1 heterocycles. The molecule has 0 radical (unpaired) electrons. The first-order valence-electron chi connectivity index (χ1n) is 7.25. The molecular weight excluding hydrogens is 286 g/mol. The van der Waals surface area contributed by atoms with Gasteiger partial charge in [-0.25, -0.2) is 4.98 Å². The summed E-state index contributed by atoms with van der Waals surface area (Å²) in [7, 11) is 0. The molecule has 1 aromatic heterocycles. The van der Waals surface area contributed by atoms with E-state index in [-0.39, 0.29) is 0 Å². The van der Waals surface area contributed by atoms with Crippen molar-refractivity contribution in [1.82, 2.24) is 15.2 Å². The lowest BCUT2D eigenvalue weighted by Crippen LogP contribution is -2.32. The van der Waals surface area contributed by atoms with Crippen LogP contribution < -0.4 is 5.32 Å². The highest BCUT2D eigenvalue weighted by Crippen LogP contribution is 2.28. The highest BCUT2D eigenvalue weighted by atomic mass is 32.2.